The summed E-state index contributed by atoms with van der Waals surface area (Å²) in [7, 11) is 3.32. The highest BCUT2D eigenvalue weighted by Gasteiger charge is 2.38. The van der Waals surface area contributed by atoms with Gasteiger partial charge in [-0.05, 0) is 35.6 Å². The molecule has 0 bridgehead atoms. The van der Waals surface area contributed by atoms with Crippen LogP contribution in [0, 0.1) is 17.2 Å². The van der Waals surface area contributed by atoms with Crippen LogP contribution in [-0.2, 0) is 16.0 Å². The number of para-hydroxylation sites is 1. The molecule has 0 fully saturated rings. The number of nitriles is 1. The van der Waals surface area contributed by atoms with Gasteiger partial charge in [-0.25, -0.2) is 4.79 Å². The molecule has 132 valence electrons. The van der Waals surface area contributed by atoms with Crippen LogP contribution in [0.5, 0.6) is 0 Å². The molecule has 0 heterocycles. The van der Waals surface area contributed by atoms with E-state index in [1.54, 1.807) is 0 Å². The van der Waals surface area contributed by atoms with Crippen molar-refractivity contribution in [3.8, 4) is 6.07 Å². The maximum atomic E-state index is 11.6. The Kier molecular flexibility index (Phi) is 5.38. The van der Waals surface area contributed by atoms with Gasteiger partial charge < -0.3 is 9.64 Å². The molecular weight excluding hydrogens is 324 g/mol. The third-order valence-electron chi connectivity index (χ3n) is 5.06. The first kappa shape index (κ1) is 17.8. The van der Waals surface area contributed by atoms with Crippen molar-refractivity contribution >= 4 is 11.7 Å². The number of carbonyl (C=O) groups excluding carboxylic acids is 1. The first-order chi connectivity index (χ1) is 12.7. The van der Waals surface area contributed by atoms with E-state index in [-0.39, 0.29) is 23.8 Å². The zero-order valence-corrected chi connectivity index (χ0v) is 15.0. The Labute approximate surface area is 154 Å². The Morgan fingerprint density at radius 1 is 1.23 bits per heavy atom. The van der Waals surface area contributed by atoms with E-state index in [0.29, 0.717) is 0 Å². The predicted molar refractivity (Wildman–Crippen MR) is 102 cm³/mol. The summed E-state index contributed by atoms with van der Waals surface area (Å²) < 4.78 is 4.72. The van der Waals surface area contributed by atoms with Crippen LogP contribution in [0.15, 0.2) is 66.7 Å². The number of ether oxygens (including phenoxy) is 1. The summed E-state index contributed by atoms with van der Waals surface area (Å²) in [5.74, 6) is -0.311. The summed E-state index contributed by atoms with van der Waals surface area (Å²) in [4.78, 5) is 13.6. The molecule has 1 aliphatic rings. The van der Waals surface area contributed by atoms with Crippen molar-refractivity contribution in [1.29, 1.82) is 5.26 Å². The van der Waals surface area contributed by atoms with Gasteiger partial charge in [0.25, 0.3) is 0 Å². The van der Waals surface area contributed by atoms with Crippen LogP contribution in [0.4, 0.5) is 5.69 Å². The smallest absolute Gasteiger partial charge is 0.330 e. The third kappa shape index (κ3) is 3.48. The average molecular weight is 346 g/mol. The Morgan fingerprint density at radius 3 is 2.62 bits per heavy atom. The van der Waals surface area contributed by atoms with E-state index >= 15 is 0 Å². The van der Waals surface area contributed by atoms with Crippen molar-refractivity contribution in [2.45, 2.75) is 18.4 Å². The van der Waals surface area contributed by atoms with Crippen molar-refractivity contribution in [1.82, 2.24) is 0 Å². The highest BCUT2D eigenvalue weighted by Crippen LogP contribution is 2.42. The number of allylic oxidation sites excluding steroid dienone is 1. The van der Waals surface area contributed by atoms with Crippen LogP contribution in [0.3, 0.4) is 0 Å². The molecule has 0 saturated carbocycles. The molecule has 0 spiro atoms. The number of benzene rings is 2. The highest BCUT2D eigenvalue weighted by molar-refractivity contribution is 5.81. The second-order valence-corrected chi connectivity index (χ2v) is 6.50. The lowest BCUT2D eigenvalue weighted by Gasteiger charge is -2.32. The van der Waals surface area contributed by atoms with Gasteiger partial charge in [0.05, 0.1) is 13.2 Å². The maximum Gasteiger partial charge on any atom is 0.330 e. The lowest BCUT2D eigenvalue weighted by Crippen LogP contribution is -2.37. The second kappa shape index (κ2) is 7.88. The molecule has 4 heteroatoms. The molecule has 3 rings (SSSR count). The molecule has 0 N–H and O–H groups in total. The fourth-order valence-corrected chi connectivity index (χ4v) is 3.75. The summed E-state index contributed by atoms with van der Waals surface area (Å²) >= 11 is 0. The van der Waals surface area contributed by atoms with E-state index in [1.165, 1.54) is 24.3 Å². The first-order valence-corrected chi connectivity index (χ1v) is 8.67. The van der Waals surface area contributed by atoms with E-state index in [9.17, 15) is 10.1 Å². The van der Waals surface area contributed by atoms with Gasteiger partial charge in [0.15, 0.2) is 0 Å². The number of esters is 1. The maximum absolute atomic E-state index is 11.6. The van der Waals surface area contributed by atoms with Crippen molar-refractivity contribution < 1.29 is 9.53 Å². The van der Waals surface area contributed by atoms with Crippen LogP contribution in [0.1, 0.15) is 17.0 Å². The molecule has 1 aliphatic carbocycles. The van der Waals surface area contributed by atoms with Crippen LogP contribution in [0.25, 0.3) is 0 Å². The number of methoxy groups -OCH3 is 1. The number of likely N-dealkylation sites (N-methyl/N-ethyl adjacent to an activating group) is 1. The van der Waals surface area contributed by atoms with Crippen molar-refractivity contribution in [3.63, 3.8) is 0 Å². The van der Waals surface area contributed by atoms with E-state index < -0.39 is 0 Å². The van der Waals surface area contributed by atoms with E-state index in [0.717, 1.165) is 12.1 Å². The SMILES string of the molecule is COC(=O)/C=C/[C@H]1Cc2ccccc2[C@@H]1[C@@H](C#N)N(C)c1ccccc1. The zero-order chi connectivity index (χ0) is 18.5. The van der Waals surface area contributed by atoms with Gasteiger partial charge in [-0.15, -0.1) is 0 Å². The third-order valence-corrected chi connectivity index (χ3v) is 5.06. The zero-order valence-electron chi connectivity index (χ0n) is 15.0. The standard InChI is InChI=1S/C22H22N2O2/c1-24(18-9-4-3-5-10-18)20(15-23)22-17(12-13-21(25)26-2)14-16-8-6-7-11-19(16)22/h3-13,17,20,22H,14H2,1-2H3/b13-12+/t17-,20+,22+/m0/s1. The van der Waals surface area contributed by atoms with Crippen LogP contribution >= 0.6 is 0 Å². The quantitative estimate of drug-likeness (QED) is 0.612. The van der Waals surface area contributed by atoms with Crippen molar-refractivity contribution in [3.05, 3.63) is 77.9 Å². The molecule has 2 aromatic carbocycles. The summed E-state index contributed by atoms with van der Waals surface area (Å²) in [5, 5.41) is 9.98. The number of anilines is 1. The molecular formula is C22H22N2O2. The number of rotatable bonds is 5. The van der Waals surface area contributed by atoms with Crippen molar-refractivity contribution in [2.75, 3.05) is 19.1 Å². The molecule has 4 nitrogen and oxygen atoms in total. The van der Waals surface area contributed by atoms with Crippen LogP contribution < -0.4 is 4.90 Å². The molecule has 0 radical (unpaired) electrons. The van der Waals surface area contributed by atoms with Gasteiger partial charge in [-0.1, -0.05) is 48.5 Å². The van der Waals surface area contributed by atoms with Gasteiger partial charge in [0, 0.05) is 24.7 Å². The van der Waals surface area contributed by atoms with Crippen LogP contribution in [-0.4, -0.2) is 26.2 Å². The highest BCUT2D eigenvalue weighted by atomic mass is 16.5. The Bertz CT molecular complexity index is 839. The number of fused-ring (bicyclic) bond motifs is 1. The summed E-state index contributed by atoms with van der Waals surface area (Å²) in [6, 6.07) is 20.3. The van der Waals surface area contributed by atoms with Gasteiger partial charge in [-0.2, -0.15) is 5.26 Å². The number of nitrogens with zero attached hydrogens (tertiary/aromatic N) is 2. The fraction of sp³-hybridized carbons (Fsp3) is 0.273. The molecule has 2 aromatic rings. The molecule has 0 aromatic heterocycles. The minimum absolute atomic E-state index is 0.0117. The van der Waals surface area contributed by atoms with Crippen LogP contribution in [0.2, 0.25) is 0 Å². The predicted octanol–water partition coefficient (Wildman–Crippen LogP) is 3.70. The minimum atomic E-state index is -0.371. The van der Waals surface area contributed by atoms with E-state index in [1.807, 2.05) is 60.5 Å². The lowest BCUT2D eigenvalue weighted by molar-refractivity contribution is -0.134. The fourth-order valence-electron chi connectivity index (χ4n) is 3.75. The average Bonchev–Trinajstić information content (AvgIpc) is 3.05. The van der Waals surface area contributed by atoms with Gasteiger partial charge in [0.2, 0.25) is 0 Å². The minimum Gasteiger partial charge on any atom is -0.466 e. The lowest BCUT2D eigenvalue weighted by atomic mass is 9.85. The topological polar surface area (TPSA) is 53.3 Å². The molecule has 0 amide bonds. The Hall–Kier alpha value is -3.06. The Balaban J connectivity index is 1.97. The number of hydrogen-bond acceptors (Lipinski definition) is 4. The monoisotopic (exact) mass is 346 g/mol. The number of carbonyl (C=O) groups is 1. The molecule has 26 heavy (non-hydrogen) atoms. The summed E-state index contributed by atoms with van der Waals surface area (Å²) in [6.45, 7) is 0. The van der Waals surface area contributed by atoms with Crippen molar-refractivity contribution in [2.24, 2.45) is 5.92 Å². The molecule has 0 saturated heterocycles. The summed E-state index contributed by atoms with van der Waals surface area (Å²) in [5.41, 5.74) is 3.42. The summed E-state index contributed by atoms with van der Waals surface area (Å²) in [6.07, 6.45) is 4.18. The molecule has 0 unspecified atom stereocenters. The van der Waals surface area contributed by atoms with E-state index in [2.05, 4.69) is 18.2 Å². The normalized spacial score (nSPS) is 19.6. The van der Waals surface area contributed by atoms with Gasteiger partial charge in [-0.3, -0.25) is 0 Å². The first-order valence-electron chi connectivity index (χ1n) is 8.67. The number of hydrogen-bond donors (Lipinski definition) is 0. The molecule has 0 aliphatic heterocycles. The van der Waals surface area contributed by atoms with Gasteiger partial charge in [0.1, 0.15) is 6.04 Å². The van der Waals surface area contributed by atoms with Gasteiger partial charge >= 0.3 is 5.97 Å². The Morgan fingerprint density at radius 2 is 1.92 bits per heavy atom. The largest absolute Gasteiger partial charge is 0.466 e. The molecule has 3 atom stereocenters. The van der Waals surface area contributed by atoms with E-state index in [4.69, 9.17) is 4.74 Å². The second-order valence-electron chi connectivity index (χ2n) is 6.50.